The molecule has 0 aliphatic rings. The minimum Gasteiger partial charge on any atom is -0.496 e. The maximum absolute atomic E-state index is 6.28. The topological polar surface area (TPSA) is 21.3 Å². The quantitative estimate of drug-likeness (QED) is 0.791. The van der Waals surface area contributed by atoms with E-state index in [4.69, 9.17) is 16.3 Å². The SMILES string of the molecule is CCNC(c1ccc(C)c(Cl)c1)c1ccc(Br)cc1OC. The number of nitrogens with one attached hydrogen (secondary N) is 1. The van der Waals surface area contributed by atoms with E-state index in [2.05, 4.69) is 40.3 Å². The van der Waals surface area contributed by atoms with E-state index in [1.54, 1.807) is 7.11 Å². The maximum atomic E-state index is 6.28. The van der Waals surface area contributed by atoms with E-state index < -0.39 is 0 Å². The van der Waals surface area contributed by atoms with Crippen LogP contribution in [0.4, 0.5) is 0 Å². The first-order valence-corrected chi connectivity index (χ1v) is 8.06. The van der Waals surface area contributed by atoms with Crippen molar-refractivity contribution in [2.45, 2.75) is 19.9 Å². The molecule has 2 aromatic rings. The van der Waals surface area contributed by atoms with Crippen LogP contribution in [0.15, 0.2) is 40.9 Å². The summed E-state index contributed by atoms with van der Waals surface area (Å²) in [6.45, 7) is 4.96. The number of rotatable bonds is 5. The molecule has 112 valence electrons. The largest absolute Gasteiger partial charge is 0.496 e. The van der Waals surface area contributed by atoms with E-state index in [-0.39, 0.29) is 6.04 Å². The third kappa shape index (κ3) is 3.79. The third-order valence-corrected chi connectivity index (χ3v) is 4.34. The van der Waals surface area contributed by atoms with Crippen molar-refractivity contribution in [1.82, 2.24) is 5.32 Å². The first-order chi connectivity index (χ1) is 10.1. The summed E-state index contributed by atoms with van der Waals surface area (Å²) in [6, 6.07) is 12.3. The van der Waals surface area contributed by atoms with Gasteiger partial charge < -0.3 is 10.1 Å². The Kier molecular flexibility index (Phi) is 5.68. The zero-order valence-electron chi connectivity index (χ0n) is 12.4. The van der Waals surface area contributed by atoms with Gasteiger partial charge in [0.1, 0.15) is 5.75 Å². The Morgan fingerprint density at radius 2 is 2.00 bits per heavy atom. The lowest BCUT2D eigenvalue weighted by atomic mass is 9.97. The smallest absolute Gasteiger partial charge is 0.125 e. The van der Waals surface area contributed by atoms with Gasteiger partial charge in [-0.25, -0.2) is 0 Å². The van der Waals surface area contributed by atoms with Gasteiger partial charge in [0, 0.05) is 15.1 Å². The Morgan fingerprint density at radius 3 is 2.62 bits per heavy atom. The molecule has 0 bridgehead atoms. The number of hydrogen-bond donors (Lipinski definition) is 1. The number of ether oxygens (including phenoxy) is 1. The lowest BCUT2D eigenvalue weighted by Crippen LogP contribution is -2.22. The zero-order valence-corrected chi connectivity index (χ0v) is 14.8. The van der Waals surface area contributed by atoms with Crippen molar-refractivity contribution in [3.8, 4) is 5.75 Å². The van der Waals surface area contributed by atoms with Crippen LogP contribution in [-0.2, 0) is 0 Å². The van der Waals surface area contributed by atoms with Crippen LogP contribution in [0, 0.1) is 6.92 Å². The predicted molar refractivity (Wildman–Crippen MR) is 92.4 cm³/mol. The second-order valence-corrected chi connectivity index (χ2v) is 6.21. The average molecular weight is 369 g/mol. The molecule has 0 saturated carbocycles. The molecule has 0 heterocycles. The normalized spacial score (nSPS) is 12.2. The number of methoxy groups -OCH3 is 1. The molecule has 1 atom stereocenters. The zero-order chi connectivity index (χ0) is 15.4. The molecular formula is C17H19BrClNO. The summed E-state index contributed by atoms with van der Waals surface area (Å²) in [6.07, 6.45) is 0. The molecule has 21 heavy (non-hydrogen) atoms. The Hall–Kier alpha value is -1.03. The van der Waals surface area contributed by atoms with Gasteiger partial charge in [-0.15, -0.1) is 0 Å². The van der Waals surface area contributed by atoms with E-state index in [0.29, 0.717) is 0 Å². The molecule has 0 spiro atoms. The molecule has 2 rings (SSSR count). The van der Waals surface area contributed by atoms with E-state index in [9.17, 15) is 0 Å². The molecule has 2 aromatic carbocycles. The fourth-order valence-corrected chi connectivity index (χ4v) is 2.85. The van der Waals surface area contributed by atoms with E-state index in [1.165, 1.54) is 0 Å². The van der Waals surface area contributed by atoms with Crippen LogP contribution in [0.1, 0.15) is 29.7 Å². The van der Waals surface area contributed by atoms with E-state index in [0.717, 1.165) is 38.5 Å². The fourth-order valence-electron chi connectivity index (χ4n) is 2.32. The Balaban J connectivity index is 2.50. The second kappa shape index (κ2) is 7.30. The van der Waals surface area contributed by atoms with Crippen LogP contribution in [0.3, 0.4) is 0 Å². The highest BCUT2D eigenvalue weighted by atomic mass is 79.9. The molecule has 0 fully saturated rings. The Morgan fingerprint density at radius 1 is 1.24 bits per heavy atom. The van der Waals surface area contributed by atoms with Crippen molar-refractivity contribution in [2.24, 2.45) is 0 Å². The van der Waals surface area contributed by atoms with Gasteiger partial charge in [-0.05, 0) is 42.8 Å². The van der Waals surface area contributed by atoms with Crippen LogP contribution in [0.5, 0.6) is 5.75 Å². The molecule has 4 heteroatoms. The molecule has 0 aliphatic heterocycles. The summed E-state index contributed by atoms with van der Waals surface area (Å²) in [5.41, 5.74) is 3.31. The van der Waals surface area contributed by atoms with Gasteiger partial charge in [0.25, 0.3) is 0 Å². The molecule has 0 aliphatic carbocycles. The standard InChI is InChI=1S/C17H19BrClNO/c1-4-20-17(12-6-5-11(2)15(19)9-12)14-8-7-13(18)10-16(14)21-3/h5-10,17,20H,4H2,1-3H3. The first-order valence-electron chi connectivity index (χ1n) is 6.89. The summed E-state index contributed by atoms with van der Waals surface area (Å²) in [5, 5.41) is 4.29. The van der Waals surface area contributed by atoms with Gasteiger partial charge in [-0.1, -0.05) is 52.7 Å². The number of hydrogen-bond acceptors (Lipinski definition) is 2. The molecular weight excluding hydrogens is 350 g/mol. The minimum atomic E-state index is 0.0520. The molecule has 0 saturated heterocycles. The van der Waals surface area contributed by atoms with E-state index in [1.807, 2.05) is 31.2 Å². The number of aryl methyl sites for hydroxylation is 1. The van der Waals surface area contributed by atoms with Crippen LogP contribution in [0.2, 0.25) is 5.02 Å². The Labute approximate surface area is 139 Å². The van der Waals surface area contributed by atoms with Crippen molar-refractivity contribution in [1.29, 1.82) is 0 Å². The van der Waals surface area contributed by atoms with Crippen molar-refractivity contribution >= 4 is 27.5 Å². The highest BCUT2D eigenvalue weighted by molar-refractivity contribution is 9.10. The predicted octanol–water partition coefficient (Wildman–Crippen LogP) is 5.12. The van der Waals surface area contributed by atoms with Gasteiger partial charge >= 0.3 is 0 Å². The van der Waals surface area contributed by atoms with Gasteiger partial charge in [0.15, 0.2) is 0 Å². The number of benzene rings is 2. The molecule has 1 N–H and O–H groups in total. The summed E-state index contributed by atoms with van der Waals surface area (Å²) in [5.74, 6) is 0.854. The highest BCUT2D eigenvalue weighted by Gasteiger charge is 2.18. The van der Waals surface area contributed by atoms with Crippen LogP contribution in [-0.4, -0.2) is 13.7 Å². The van der Waals surface area contributed by atoms with Crippen molar-refractivity contribution in [2.75, 3.05) is 13.7 Å². The summed E-state index contributed by atoms with van der Waals surface area (Å²) < 4.78 is 6.53. The lowest BCUT2D eigenvalue weighted by molar-refractivity contribution is 0.404. The van der Waals surface area contributed by atoms with Crippen LogP contribution >= 0.6 is 27.5 Å². The lowest BCUT2D eigenvalue weighted by Gasteiger charge is -2.22. The molecule has 2 nitrogen and oxygen atoms in total. The van der Waals surface area contributed by atoms with Gasteiger partial charge in [-0.2, -0.15) is 0 Å². The van der Waals surface area contributed by atoms with Crippen LogP contribution < -0.4 is 10.1 Å². The minimum absolute atomic E-state index is 0.0520. The maximum Gasteiger partial charge on any atom is 0.125 e. The summed E-state index contributed by atoms with van der Waals surface area (Å²) >= 11 is 9.76. The molecule has 0 radical (unpaired) electrons. The number of halogens is 2. The van der Waals surface area contributed by atoms with Gasteiger partial charge in [0.05, 0.1) is 13.2 Å². The molecule has 1 unspecified atom stereocenters. The summed E-state index contributed by atoms with van der Waals surface area (Å²) in [4.78, 5) is 0. The average Bonchev–Trinajstić information content (AvgIpc) is 2.48. The first kappa shape index (κ1) is 16.3. The van der Waals surface area contributed by atoms with Crippen molar-refractivity contribution in [3.05, 3.63) is 62.6 Å². The molecule has 0 amide bonds. The fraction of sp³-hybridized carbons (Fsp3) is 0.294. The third-order valence-electron chi connectivity index (χ3n) is 3.44. The van der Waals surface area contributed by atoms with Gasteiger partial charge in [0.2, 0.25) is 0 Å². The van der Waals surface area contributed by atoms with E-state index >= 15 is 0 Å². The highest BCUT2D eigenvalue weighted by Crippen LogP contribution is 2.33. The van der Waals surface area contributed by atoms with Crippen molar-refractivity contribution in [3.63, 3.8) is 0 Å². The van der Waals surface area contributed by atoms with Crippen LogP contribution in [0.25, 0.3) is 0 Å². The molecule has 0 aromatic heterocycles. The second-order valence-electron chi connectivity index (χ2n) is 4.89. The monoisotopic (exact) mass is 367 g/mol. The Bertz CT molecular complexity index is 630. The summed E-state index contributed by atoms with van der Waals surface area (Å²) in [7, 11) is 1.69. The van der Waals surface area contributed by atoms with Crippen molar-refractivity contribution < 1.29 is 4.74 Å². The van der Waals surface area contributed by atoms with Gasteiger partial charge in [-0.3, -0.25) is 0 Å².